The number of fused-ring (bicyclic) bond motifs is 1. The summed E-state index contributed by atoms with van der Waals surface area (Å²) >= 11 is 3.41. The zero-order chi connectivity index (χ0) is 22.0. The minimum absolute atomic E-state index is 0.111. The van der Waals surface area contributed by atoms with Crippen LogP contribution in [0.1, 0.15) is 60.0 Å². The van der Waals surface area contributed by atoms with Gasteiger partial charge in [0.05, 0.1) is 17.1 Å². The van der Waals surface area contributed by atoms with Crippen LogP contribution >= 0.6 is 15.9 Å². The molecule has 4 aromatic rings. The summed E-state index contributed by atoms with van der Waals surface area (Å²) in [5.74, 6) is 1.24. The van der Waals surface area contributed by atoms with E-state index in [0.29, 0.717) is 18.0 Å². The predicted octanol–water partition coefficient (Wildman–Crippen LogP) is 6.46. The Labute approximate surface area is 191 Å². The molecular formula is C26H26BrN3O. The van der Waals surface area contributed by atoms with Crippen molar-refractivity contribution in [1.82, 2.24) is 14.9 Å². The van der Waals surface area contributed by atoms with Gasteiger partial charge in [-0.15, -0.1) is 0 Å². The monoisotopic (exact) mass is 475 g/mol. The van der Waals surface area contributed by atoms with Crippen molar-refractivity contribution in [2.45, 2.75) is 39.3 Å². The number of imidazole rings is 1. The Bertz CT molecular complexity index is 1190. The highest BCUT2D eigenvalue weighted by Gasteiger charge is 2.19. The third-order valence-corrected chi connectivity index (χ3v) is 6.04. The van der Waals surface area contributed by atoms with Gasteiger partial charge in [-0.3, -0.25) is 4.79 Å². The number of para-hydroxylation sites is 2. The number of hydrogen-bond donors (Lipinski definition) is 1. The van der Waals surface area contributed by atoms with Gasteiger partial charge >= 0.3 is 0 Å². The lowest BCUT2D eigenvalue weighted by molar-refractivity contribution is 0.0937. The zero-order valence-corrected chi connectivity index (χ0v) is 19.6. The minimum Gasteiger partial charge on any atom is -0.342 e. The summed E-state index contributed by atoms with van der Waals surface area (Å²) < 4.78 is 3.15. The van der Waals surface area contributed by atoms with E-state index < -0.39 is 0 Å². The van der Waals surface area contributed by atoms with Crippen LogP contribution in [-0.4, -0.2) is 15.5 Å². The largest absolute Gasteiger partial charge is 0.342 e. The maximum Gasteiger partial charge on any atom is 0.251 e. The van der Waals surface area contributed by atoms with Crippen LogP contribution in [0.25, 0.3) is 11.0 Å². The number of nitrogens with zero attached hydrogens (tertiary/aromatic N) is 2. The first kappa shape index (κ1) is 21.3. The average molecular weight is 476 g/mol. The van der Waals surface area contributed by atoms with Crippen LogP contribution in [0.2, 0.25) is 0 Å². The Morgan fingerprint density at radius 2 is 1.65 bits per heavy atom. The highest BCUT2D eigenvalue weighted by Crippen LogP contribution is 2.24. The van der Waals surface area contributed by atoms with Gasteiger partial charge < -0.3 is 9.88 Å². The summed E-state index contributed by atoms with van der Waals surface area (Å²) in [5.41, 5.74) is 5.16. The Morgan fingerprint density at radius 3 is 2.32 bits per heavy atom. The lowest BCUT2D eigenvalue weighted by Crippen LogP contribution is -2.28. The van der Waals surface area contributed by atoms with Crippen LogP contribution in [0.15, 0.2) is 77.3 Å². The van der Waals surface area contributed by atoms with Crippen LogP contribution in [-0.2, 0) is 6.54 Å². The Kier molecular flexibility index (Phi) is 6.23. The third kappa shape index (κ3) is 4.72. The van der Waals surface area contributed by atoms with Crippen LogP contribution in [0, 0.1) is 0 Å². The SMILES string of the molecule is CC(C)c1ccc(Cn2c(C(C)NC(=O)c3ccc(Br)cc3)nc3ccccc32)cc1. The molecule has 4 rings (SSSR count). The molecule has 0 bridgehead atoms. The molecular weight excluding hydrogens is 450 g/mol. The molecule has 1 aromatic heterocycles. The normalized spacial score (nSPS) is 12.3. The summed E-state index contributed by atoms with van der Waals surface area (Å²) in [4.78, 5) is 17.6. The molecule has 1 N–H and O–H groups in total. The number of benzene rings is 3. The van der Waals surface area contributed by atoms with Gasteiger partial charge in [0.25, 0.3) is 5.91 Å². The van der Waals surface area contributed by atoms with Gasteiger partial charge in [-0.05, 0) is 60.4 Å². The second-order valence-corrected chi connectivity index (χ2v) is 9.06. The van der Waals surface area contributed by atoms with E-state index in [2.05, 4.69) is 70.0 Å². The second-order valence-electron chi connectivity index (χ2n) is 8.14. The van der Waals surface area contributed by atoms with Gasteiger partial charge in [0, 0.05) is 16.6 Å². The predicted molar refractivity (Wildman–Crippen MR) is 129 cm³/mol. The zero-order valence-electron chi connectivity index (χ0n) is 18.0. The van der Waals surface area contributed by atoms with Gasteiger partial charge in [-0.25, -0.2) is 4.98 Å². The number of amides is 1. The van der Waals surface area contributed by atoms with Crippen molar-refractivity contribution < 1.29 is 4.79 Å². The molecule has 0 aliphatic rings. The Balaban J connectivity index is 1.64. The molecule has 1 atom stereocenters. The molecule has 1 amide bonds. The molecule has 0 aliphatic carbocycles. The molecule has 5 heteroatoms. The van der Waals surface area contributed by atoms with Crippen molar-refractivity contribution in [1.29, 1.82) is 0 Å². The molecule has 3 aromatic carbocycles. The number of aromatic nitrogens is 2. The first-order chi connectivity index (χ1) is 14.9. The summed E-state index contributed by atoms with van der Waals surface area (Å²) in [7, 11) is 0. The standard InChI is InChI=1S/C26H26BrN3O/c1-17(2)20-10-8-19(9-11-20)16-30-24-7-5-4-6-23(24)29-25(30)18(3)28-26(31)21-12-14-22(27)15-13-21/h4-15,17-18H,16H2,1-3H3,(H,28,31). The van der Waals surface area contributed by atoms with Crippen molar-refractivity contribution >= 4 is 32.9 Å². The van der Waals surface area contributed by atoms with Gasteiger partial charge in [0.1, 0.15) is 5.82 Å². The number of halogens is 1. The molecule has 1 heterocycles. The number of carbonyl (C=O) groups is 1. The molecule has 4 nitrogen and oxygen atoms in total. The fourth-order valence-corrected chi connectivity index (χ4v) is 3.99. The summed E-state index contributed by atoms with van der Waals surface area (Å²) in [6, 6.07) is 24.0. The van der Waals surface area contributed by atoms with E-state index in [1.165, 1.54) is 11.1 Å². The fourth-order valence-electron chi connectivity index (χ4n) is 3.73. The van der Waals surface area contributed by atoms with E-state index >= 15 is 0 Å². The lowest BCUT2D eigenvalue weighted by atomic mass is 10.0. The molecule has 0 saturated carbocycles. The molecule has 0 aliphatic heterocycles. The highest BCUT2D eigenvalue weighted by molar-refractivity contribution is 9.10. The number of nitrogens with one attached hydrogen (secondary N) is 1. The van der Waals surface area contributed by atoms with E-state index in [0.717, 1.165) is 21.3 Å². The molecule has 0 radical (unpaired) electrons. The summed E-state index contributed by atoms with van der Waals surface area (Å²) in [6.07, 6.45) is 0. The number of hydrogen-bond acceptors (Lipinski definition) is 2. The van der Waals surface area contributed by atoms with E-state index in [-0.39, 0.29) is 11.9 Å². The van der Waals surface area contributed by atoms with Gasteiger partial charge in [0.2, 0.25) is 0 Å². The van der Waals surface area contributed by atoms with Crippen LogP contribution in [0.3, 0.4) is 0 Å². The van der Waals surface area contributed by atoms with Crippen molar-refractivity contribution in [3.63, 3.8) is 0 Å². The second kappa shape index (κ2) is 9.06. The van der Waals surface area contributed by atoms with E-state index in [1.807, 2.05) is 49.4 Å². The molecule has 158 valence electrons. The average Bonchev–Trinajstić information content (AvgIpc) is 3.13. The van der Waals surface area contributed by atoms with E-state index in [1.54, 1.807) is 0 Å². The van der Waals surface area contributed by atoms with Gasteiger partial charge in [0.15, 0.2) is 0 Å². The van der Waals surface area contributed by atoms with Crippen LogP contribution < -0.4 is 5.32 Å². The molecule has 1 unspecified atom stereocenters. The Hall–Kier alpha value is -2.92. The van der Waals surface area contributed by atoms with Crippen LogP contribution in [0.4, 0.5) is 0 Å². The molecule has 0 fully saturated rings. The van der Waals surface area contributed by atoms with Gasteiger partial charge in [-0.1, -0.05) is 66.2 Å². The number of carbonyl (C=O) groups excluding carboxylic acids is 1. The molecule has 0 spiro atoms. The van der Waals surface area contributed by atoms with Crippen LogP contribution in [0.5, 0.6) is 0 Å². The van der Waals surface area contributed by atoms with Crippen molar-refractivity contribution in [3.8, 4) is 0 Å². The Morgan fingerprint density at radius 1 is 0.968 bits per heavy atom. The molecule has 31 heavy (non-hydrogen) atoms. The summed E-state index contributed by atoms with van der Waals surface area (Å²) in [6.45, 7) is 7.08. The highest BCUT2D eigenvalue weighted by atomic mass is 79.9. The minimum atomic E-state index is -0.238. The van der Waals surface area contributed by atoms with Crippen molar-refractivity contribution in [2.75, 3.05) is 0 Å². The first-order valence-electron chi connectivity index (χ1n) is 10.5. The van der Waals surface area contributed by atoms with Gasteiger partial charge in [-0.2, -0.15) is 0 Å². The maximum atomic E-state index is 12.8. The quantitative estimate of drug-likeness (QED) is 0.347. The smallest absolute Gasteiger partial charge is 0.251 e. The summed E-state index contributed by atoms with van der Waals surface area (Å²) in [5, 5.41) is 3.11. The van der Waals surface area contributed by atoms with Crippen molar-refractivity contribution in [2.24, 2.45) is 0 Å². The topological polar surface area (TPSA) is 46.9 Å². The molecule has 0 saturated heterocycles. The third-order valence-electron chi connectivity index (χ3n) is 5.51. The van der Waals surface area contributed by atoms with E-state index in [9.17, 15) is 4.79 Å². The van der Waals surface area contributed by atoms with Crippen molar-refractivity contribution in [3.05, 3.63) is 99.8 Å². The fraction of sp³-hybridized carbons (Fsp3) is 0.231. The lowest BCUT2D eigenvalue weighted by Gasteiger charge is -2.17. The van der Waals surface area contributed by atoms with E-state index in [4.69, 9.17) is 4.98 Å². The number of rotatable bonds is 6. The first-order valence-corrected chi connectivity index (χ1v) is 11.3. The maximum absolute atomic E-state index is 12.8.